The average molecular weight is 554 g/mol. The summed E-state index contributed by atoms with van der Waals surface area (Å²) in [5.74, 6) is -1.05. The van der Waals surface area contributed by atoms with Crippen molar-refractivity contribution in [3.63, 3.8) is 0 Å². The number of nitrogens with zero attached hydrogens (tertiary/aromatic N) is 3. The fourth-order valence-electron chi connectivity index (χ4n) is 5.90. The number of hydrogen-bond acceptors (Lipinski definition) is 6. The highest BCUT2D eigenvalue weighted by Crippen LogP contribution is 2.50. The number of rotatable bonds is 3. The summed E-state index contributed by atoms with van der Waals surface area (Å²) < 4.78 is 14.2. The van der Waals surface area contributed by atoms with Crippen molar-refractivity contribution in [3.05, 3.63) is 70.9 Å². The first-order chi connectivity index (χ1) is 19.3. The van der Waals surface area contributed by atoms with Gasteiger partial charge in [0.15, 0.2) is 0 Å². The minimum atomic E-state index is -1.61. The molecule has 3 aliphatic heterocycles. The predicted octanol–water partition coefficient (Wildman–Crippen LogP) is 6.32. The zero-order valence-corrected chi connectivity index (χ0v) is 24.4. The van der Waals surface area contributed by atoms with Crippen LogP contribution in [0, 0.1) is 5.41 Å². The van der Waals surface area contributed by atoms with Gasteiger partial charge in [-0.05, 0) is 71.6 Å². The maximum absolute atomic E-state index is 14.4. The second-order valence-electron chi connectivity index (χ2n) is 13.0. The molecular formula is C33H35N3O5. The maximum atomic E-state index is 14.4. The van der Waals surface area contributed by atoms with E-state index in [1.54, 1.807) is 41.5 Å². The number of hydrogen-bond donors (Lipinski definition) is 0. The van der Waals surface area contributed by atoms with E-state index in [0.29, 0.717) is 16.8 Å². The minimum absolute atomic E-state index is 0.0166. The smallest absolute Gasteiger partial charge is 0.417 e. The third-order valence-corrected chi connectivity index (χ3v) is 7.77. The van der Waals surface area contributed by atoms with Crippen molar-refractivity contribution in [1.82, 2.24) is 9.47 Å². The van der Waals surface area contributed by atoms with Gasteiger partial charge in [-0.3, -0.25) is 14.6 Å². The molecule has 2 aromatic carbocycles. The molecule has 2 amide bonds. The van der Waals surface area contributed by atoms with Gasteiger partial charge in [0.05, 0.1) is 35.0 Å². The monoisotopic (exact) mass is 553 g/mol. The molecule has 3 aromatic rings. The Hall–Kier alpha value is -4.20. The summed E-state index contributed by atoms with van der Waals surface area (Å²) in [6, 6.07) is 13.5. The Labute approximate surface area is 239 Å². The molecule has 0 aliphatic carbocycles. The molecule has 1 atom stereocenters. The Balaban J connectivity index is 1.62. The Kier molecular flexibility index (Phi) is 6.03. The Morgan fingerprint density at radius 3 is 2.49 bits per heavy atom. The number of aryl methyl sites for hydroxylation is 2. The predicted molar refractivity (Wildman–Crippen MR) is 157 cm³/mol. The first kappa shape index (κ1) is 27.0. The minimum Gasteiger partial charge on any atom is -0.443 e. The number of fused-ring (bicyclic) bond motifs is 1. The third kappa shape index (κ3) is 4.36. The number of ether oxygens (including phenoxy) is 2. The molecule has 212 valence electrons. The van der Waals surface area contributed by atoms with Gasteiger partial charge in [0, 0.05) is 29.3 Å². The summed E-state index contributed by atoms with van der Waals surface area (Å²) in [7, 11) is 0. The van der Waals surface area contributed by atoms with Gasteiger partial charge in [-0.25, -0.2) is 9.69 Å². The summed E-state index contributed by atoms with van der Waals surface area (Å²) in [6.45, 7) is 11.4. The van der Waals surface area contributed by atoms with Crippen molar-refractivity contribution in [2.75, 3.05) is 6.54 Å². The van der Waals surface area contributed by atoms with E-state index in [2.05, 4.69) is 21.8 Å². The second-order valence-corrected chi connectivity index (χ2v) is 13.0. The number of carbonyl (C=O) groups is 3. The van der Waals surface area contributed by atoms with Crippen molar-refractivity contribution in [2.45, 2.75) is 72.1 Å². The molecule has 1 unspecified atom stereocenters. The lowest BCUT2D eigenvalue weighted by atomic mass is 9.83. The number of esters is 1. The highest BCUT2D eigenvalue weighted by atomic mass is 16.6. The zero-order valence-electron chi connectivity index (χ0n) is 24.4. The van der Waals surface area contributed by atoms with E-state index in [4.69, 9.17) is 9.47 Å². The lowest BCUT2D eigenvalue weighted by molar-refractivity contribution is -0.161. The molecule has 0 bridgehead atoms. The van der Waals surface area contributed by atoms with Crippen LogP contribution in [0.1, 0.15) is 64.7 Å². The van der Waals surface area contributed by atoms with Crippen LogP contribution in [-0.4, -0.2) is 45.8 Å². The van der Waals surface area contributed by atoms with E-state index in [1.165, 1.54) is 11.8 Å². The van der Waals surface area contributed by atoms with E-state index in [-0.39, 0.29) is 12.1 Å². The number of carbonyl (C=O) groups excluding carboxylic acids is 3. The molecule has 3 aliphatic rings. The first-order valence-electron chi connectivity index (χ1n) is 14.1. The molecule has 1 aromatic heterocycles. The molecule has 8 nitrogen and oxygen atoms in total. The van der Waals surface area contributed by atoms with Gasteiger partial charge < -0.3 is 14.0 Å². The molecule has 0 saturated heterocycles. The molecule has 0 saturated carbocycles. The summed E-state index contributed by atoms with van der Waals surface area (Å²) in [5, 5.41) is 0.994. The van der Waals surface area contributed by atoms with Crippen LogP contribution in [0.2, 0.25) is 0 Å². The number of aliphatic imine (C=N–C) groups is 1. The second kappa shape index (κ2) is 9.16. The van der Waals surface area contributed by atoms with E-state index < -0.39 is 34.6 Å². The third-order valence-electron chi connectivity index (χ3n) is 7.77. The number of aromatic nitrogens is 1. The molecule has 0 N–H and O–H groups in total. The highest BCUT2D eigenvalue weighted by molar-refractivity contribution is 6.19. The Bertz CT molecular complexity index is 1680. The lowest BCUT2D eigenvalue weighted by Gasteiger charge is -2.32. The van der Waals surface area contributed by atoms with Gasteiger partial charge in [0.2, 0.25) is 5.60 Å². The van der Waals surface area contributed by atoms with Gasteiger partial charge in [-0.2, -0.15) is 0 Å². The Morgan fingerprint density at radius 1 is 1.00 bits per heavy atom. The average Bonchev–Trinajstić information content (AvgIpc) is 3.56. The van der Waals surface area contributed by atoms with Gasteiger partial charge in [0.25, 0.3) is 5.91 Å². The first-order valence-corrected chi connectivity index (χ1v) is 14.1. The summed E-state index contributed by atoms with van der Waals surface area (Å²) in [6.07, 6.45) is 4.84. The van der Waals surface area contributed by atoms with E-state index >= 15 is 0 Å². The number of imide groups is 1. The summed E-state index contributed by atoms with van der Waals surface area (Å²) >= 11 is 0. The highest BCUT2D eigenvalue weighted by Gasteiger charge is 2.54. The van der Waals surface area contributed by atoms with E-state index in [9.17, 15) is 14.4 Å². The Morgan fingerprint density at radius 2 is 1.76 bits per heavy atom. The lowest BCUT2D eigenvalue weighted by Crippen LogP contribution is -2.44. The molecular weight excluding hydrogens is 518 g/mol. The van der Waals surface area contributed by atoms with E-state index in [1.807, 2.05) is 36.4 Å². The topological polar surface area (TPSA) is 90.2 Å². The van der Waals surface area contributed by atoms with Crippen LogP contribution in [-0.2, 0) is 37.6 Å². The van der Waals surface area contributed by atoms with Crippen molar-refractivity contribution in [1.29, 1.82) is 0 Å². The molecule has 8 heteroatoms. The molecule has 6 rings (SSSR count). The zero-order chi connectivity index (χ0) is 29.3. The standard InChI is InChI=1S/C33H35N3O5/c1-31(2,3)29(38)40-33(19-34-25-15-8-7-14-24(25)33)26-23(18-36(28(26)37)30(39)41-32(4,5)6)22-17-35-16-10-12-20-11-9-13-21(22)27(20)35/h7-9,11,13-15,17,19H,10,12,16,18H2,1-6H3. The molecule has 0 fully saturated rings. The SMILES string of the molecule is CC(C)(C)OC(=O)N1CC(c2cn3c4c(cccc24)CCC3)=C(C2(OC(=O)C(C)(C)C)C=Nc3ccccc32)C1=O. The maximum Gasteiger partial charge on any atom is 0.417 e. The van der Waals surface area contributed by atoms with Crippen LogP contribution in [0.25, 0.3) is 16.5 Å². The normalized spacial score (nSPS) is 20.1. The number of benzene rings is 2. The molecule has 0 spiro atoms. The van der Waals surface area contributed by atoms with Crippen LogP contribution in [0.4, 0.5) is 10.5 Å². The summed E-state index contributed by atoms with van der Waals surface area (Å²) in [4.78, 5) is 47.1. The van der Waals surface area contributed by atoms with Gasteiger partial charge >= 0.3 is 12.1 Å². The van der Waals surface area contributed by atoms with Crippen molar-refractivity contribution >= 4 is 46.3 Å². The fourth-order valence-corrected chi connectivity index (χ4v) is 5.90. The fraction of sp³-hybridized carbons (Fsp3) is 0.394. The molecule has 0 radical (unpaired) electrons. The number of amides is 2. The van der Waals surface area contributed by atoms with Gasteiger partial charge in [-0.15, -0.1) is 0 Å². The molecule has 41 heavy (non-hydrogen) atoms. The number of para-hydroxylation sites is 2. The van der Waals surface area contributed by atoms with Crippen LogP contribution < -0.4 is 0 Å². The molecule has 4 heterocycles. The van der Waals surface area contributed by atoms with Crippen LogP contribution in [0.5, 0.6) is 0 Å². The quantitative estimate of drug-likeness (QED) is 0.354. The van der Waals surface area contributed by atoms with Crippen molar-refractivity contribution < 1.29 is 23.9 Å². The van der Waals surface area contributed by atoms with Crippen molar-refractivity contribution in [2.24, 2.45) is 10.4 Å². The largest absolute Gasteiger partial charge is 0.443 e. The van der Waals surface area contributed by atoms with Gasteiger partial charge in [0.1, 0.15) is 5.60 Å². The van der Waals surface area contributed by atoms with Crippen molar-refractivity contribution in [3.8, 4) is 0 Å². The van der Waals surface area contributed by atoms with Crippen LogP contribution in [0.3, 0.4) is 0 Å². The van der Waals surface area contributed by atoms with Crippen LogP contribution >= 0.6 is 0 Å². The summed E-state index contributed by atoms with van der Waals surface area (Å²) in [5.41, 5.74) is 1.95. The van der Waals surface area contributed by atoms with Crippen LogP contribution in [0.15, 0.2) is 59.2 Å². The van der Waals surface area contributed by atoms with Gasteiger partial charge in [-0.1, -0.05) is 36.4 Å². The van der Waals surface area contributed by atoms with E-state index in [0.717, 1.165) is 40.8 Å².